The molecule has 33 heavy (non-hydrogen) atoms. The van der Waals surface area contributed by atoms with Crippen LogP contribution in [0.15, 0.2) is 5.31 Å². The molecule has 4 N–H and O–H groups in total. The van der Waals surface area contributed by atoms with Crippen LogP contribution in [0.2, 0.25) is 0 Å². The predicted octanol–water partition coefficient (Wildman–Crippen LogP) is 6.94. The first-order chi connectivity index (χ1) is 14.8. The van der Waals surface area contributed by atoms with Gasteiger partial charge in [0.05, 0.1) is 0 Å². The van der Waals surface area contributed by atoms with E-state index in [2.05, 4.69) is 4.31 Å². The molecule has 1 aromatic carbocycles. The van der Waals surface area contributed by atoms with E-state index in [1.165, 1.54) is 0 Å². The number of hydrogen-bond acceptors (Lipinski definition) is 4. The van der Waals surface area contributed by atoms with E-state index in [1.807, 2.05) is 62.3 Å². The Morgan fingerprint density at radius 2 is 1.18 bits per heavy atom. The van der Waals surface area contributed by atoms with Crippen molar-refractivity contribution in [3.8, 4) is 5.75 Å². The number of rotatable bonds is 8. The first kappa shape index (κ1) is 30.1. The van der Waals surface area contributed by atoms with E-state index in [4.69, 9.17) is 0 Å². The van der Waals surface area contributed by atoms with Gasteiger partial charge in [-0.15, -0.1) is 0 Å². The zero-order valence-corrected chi connectivity index (χ0v) is 23.5. The zero-order valence-electron chi connectivity index (χ0n) is 21.7. The number of phenols is 1. The molecule has 0 fully saturated rings. The van der Waals surface area contributed by atoms with Gasteiger partial charge >= 0.3 is 15.4 Å². The van der Waals surface area contributed by atoms with Gasteiger partial charge < -0.3 is 19.8 Å². The van der Waals surface area contributed by atoms with E-state index in [0.29, 0.717) is 24.8 Å². The highest BCUT2D eigenvalue weighted by Gasteiger charge is 2.38. The first-order valence-electron chi connectivity index (χ1n) is 11.5. The lowest BCUT2D eigenvalue weighted by Crippen LogP contribution is -2.23. The van der Waals surface area contributed by atoms with Crippen molar-refractivity contribution < 1.29 is 33.2 Å². The van der Waals surface area contributed by atoms with Crippen molar-refractivity contribution in [1.29, 1.82) is 0 Å². The molecule has 0 aliphatic rings. The quantitative estimate of drug-likeness (QED) is 0.283. The van der Waals surface area contributed by atoms with Crippen LogP contribution in [-0.4, -0.2) is 19.8 Å². The van der Waals surface area contributed by atoms with Crippen LogP contribution in [0.1, 0.15) is 110 Å². The molecule has 0 aliphatic carbocycles. The fourth-order valence-corrected chi connectivity index (χ4v) is 7.39. The van der Waals surface area contributed by atoms with Crippen molar-refractivity contribution in [3.05, 3.63) is 33.1 Å². The number of allylic oxidation sites excluding steroid dienone is 2. The van der Waals surface area contributed by atoms with Crippen LogP contribution >= 0.6 is 15.4 Å². The second-order valence-corrected chi connectivity index (χ2v) is 13.6. The van der Waals surface area contributed by atoms with Crippen LogP contribution in [0.25, 0.3) is 5.57 Å². The molecule has 190 valence electrons. The fourth-order valence-electron chi connectivity index (χ4n) is 4.83. The summed E-state index contributed by atoms with van der Waals surface area (Å²) in [4.78, 5) is 29.2. The molecule has 1 rings (SSSR count). The molecule has 0 aliphatic heterocycles. The molecule has 0 radical (unpaired) electrons. The minimum Gasteiger partial charge on any atom is -0.507 e. The van der Waals surface area contributed by atoms with E-state index >= 15 is 0 Å². The molecular weight excluding hydrogens is 462 g/mol. The highest BCUT2D eigenvalue weighted by Crippen LogP contribution is 2.65. The highest BCUT2D eigenvalue weighted by atomic mass is 31.3. The van der Waals surface area contributed by atoms with E-state index in [9.17, 15) is 28.9 Å². The lowest BCUT2D eigenvalue weighted by molar-refractivity contribution is 0.266. The normalized spacial score (nSPS) is 15.9. The van der Waals surface area contributed by atoms with Gasteiger partial charge in [0.1, 0.15) is 5.75 Å². The van der Waals surface area contributed by atoms with E-state index < -0.39 is 26.2 Å². The monoisotopic (exact) mass is 504 g/mol. The van der Waals surface area contributed by atoms with Crippen LogP contribution in [0, 0.1) is 0 Å². The molecule has 7 nitrogen and oxygen atoms in total. The van der Waals surface area contributed by atoms with Crippen LogP contribution in [0.5, 0.6) is 5.75 Å². The third kappa shape index (κ3) is 6.60. The SMILES string of the molecule is CCC(=C(CC)P(=O)(O)OP(=O)(O)O)c1c(CC)c(C(C)(C)C)c(O)c(C(C)(C)C)c1CC. The van der Waals surface area contributed by atoms with Gasteiger partial charge in [-0.1, -0.05) is 69.2 Å². The number of aromatic hydroxyl groups is 1. The summed E-state index contributed by atoms with van der Waals surface area (Å²) in [6, 6.07) is 0. The molecule has 0 aromatic heterocycles. The Morgan fingerprint density at radius 1 is 0.788 bits per heavy atom. The first-order valence-corrected chi connectivity index (χ1v) is 14.6. The van der Waals surface area contributed by atoms with E-state index in [1.54, 1.807) is 6.92 Å². The maximum atomic E-state index is 13.1. The van der Waals surface area contributed by atoms with Crippen molar-refractivity contribution in [1.82, 2.24) is 0 Å². The van der Waals surface area contributed by atoms with Gasteiger partial charge in [0.25, 0.3) is 0 Å². The van der Waals surface area contributed by atoms with Crippen LogP contribution in [0.3, 0.4) is 0 Å². The van der Waals surface area contributed by atoms with Crippen molar-refractivity contribution in [3.63, 3.8) is 0 Å². The molecule has 9 heteroatoms. The molecule has 0 amide bonds. The minimum absolute atomic E-state index is 0.0110. The summed E-state index contributed by atoms with van der Waals surface area (Å²) in [7, 11) is -9.99. The third-order valence-corrected chi connectivity index (χ3v) is 8.79. The van der Waals surface area contributed by atoms with Crippen LogP contribution in [0.4, 0.5) is 0 Å². The molecule has 0 saturated heterocycles. The predicted molar refractivity (Wildman–Crippen MR) is 135 cm³/mol. The third-order valence-electron chi connectivity index (χ3n) is 5.78. The van der Waals surface area contributed by atoms with Gasteiger partial charge in [-0.3, -0.25) is 4.57 Å². The lowest BCUT2D eigenvalue weighted by Gasteiger charge is -2.35. The molecule has 1 unspecified atom stereocenters. The topological polar surface area (TPSA) is 124 Å². The highest BCUT2D eigenvalue weighted by molar-refractivity contribution is 7.66. The van der Waals surface area contributed by atoms with Gasteiger partial charge in [0.2, 0.25) is 0 Å². The number of benzene rings is 1. The maximum absolute atomic E-state index is 13.1. The molecule has 0 heterocycles. The second kappa shape index (κ2) is 10.4. The lowest BCUT2D eigenvalue weighted by atomic mass is 9.70. The summed E-state index contributed by atoms with van der Waals surface area (Å²) in [6.45, 7) is 19.6. The van der Waals surface area contributed by atoms with Crippen molar-refractivity contribution in [2.45, 2.75) is 106 Å². The Balaban J connectivity index is 4.45. The molecular formula is C24H42O7P2. The van der Waals surface area contributed by atoms with Gasteiger partial charge in [-0.05, 0) is 58.8 Å². The maximum Gasteiger partial charge on any atom is 0.477 e. The molecule has 0 bridgehead atoms. The van der Waals surface area contributed by atoms with Crippen LogP contribution < -0.4 is 0 Å². The summed E-state index contributed by atoms with van der Waals surface area (Å²) in [5.74, 6) is 0.250. The summed E-state index contributed by atoms with van der Waals surface area (Å²) in [5, 5.41) is 11.5. The molecule has 0 saturated carbocycles. The Morgan fingerprint density at radius 3 is 1.42 bits per heavy atom. The van der Waals surface area contributed by atoms with Crippen LogP contribution in [-0.2, 0) is 37.1 Å². The Hall–Kier alpha value is -0.940. The standard InChI is InChI=1S/C24H42O7P2/c1-11-15(18(14-4)32(26,27)31-33(28,29)30)19-16(12-2)20(23(5,6)7)22(25)21(17(19)13-3)24(8,9)10/h25H,11-14H2,1-10H3,(H,26,27)(H2,28,29,30). The van der Waals surface area contributed by atoms with Crippen molar-refractivity contribution >= 4 is 21.0 Å². The fraction of sp³-hybridized carbons (Fsp3) is 0.667. The number of hydrogen-bond donors (Lipinski definition) is 4. The summed E-state index contributed by atoms with van der Waals surface area (Å²) in [6.07, 6.45) is 1.58. The molecule has 1 atom stereocenters. The summed E-state index contributed by atoms with van der Waals surface area (Å²) < 4.78 is 29.0. The van der Waals surface area contributed by atoms with E-state index in [0.717, 1.165) is 27.8 Å². The smallest absolute Gasteiger partial charge is 0.477 e. The van der Waals surface area contributed by atoms with Crippen molar-refractivity contribution in [2.75, 3.05) is 0 Å². The largest absolute Gasteiger partial charge is 0.507 e. The average molecular weight is 505 g/mol. The van der Waals surface area contributed by atoms with Crippen molar-refractivity contribution in [2.24, 2.45) is 0 Å². The van der Waals surface area contributed by atoms with Gasteiger partial charge in [0.15, 0.2) is 0 Å². The zero-order chi connectivity index (χ0) is 26.2. The summed E-state index contributed by atoms with van der Waals surface area (Å²) in [5.41, 5.74) is 3.84. The molecule has 0 spiro atoms. The number of phenolic OH excluding ortho intramolecular Hbond substituents is 1. The minimum atomic E-state index is -5.20. The summed E-state index contributed by atoms with van der Waals surface area (Å²) >= 11 is 0. The van der Waals surface area contributed by atoms with Gasteiger partial charge in [-0.25, -0.2) is 8.88 Å². The number of phosphoric acid groups is 1. The second-order valence-electron chi connectivity index (χ2n) is 10.4. The molecule has 1 aromatic rings. The van der Waals surface area contributed by atoms with Gasteiger partial charge in [-0.2, -0.15) is 0 Å². The average Bonchev–Trinajstić information content (AvgIpc) is 2.60. The van der Waals surface area contributed by atoms with Gasteiger partial charge in [0, 0.05) is 16.4 Å². The Labute approximate surface area is 199 Å². The van der Waals surface area contributed by atoms with E-state index in [-0.39, 0.29) is 17.5 Å². The Kier molecular flexibility index (Phi) is 9.44. The Bertz CT molecular complexity index is 962.